The Balaban J connectivity index is 3.35. The normalized spacial score (nSPS) is 10.9. The van der Waals surface area contributed by atoms with Gasteiger partial charge in [0.25, 0.3) is 0 Å². The Morgan fingerprint density at radius 2 is 1.94 bits per heavy atom. The molecule has 0 heterocycles. The third-order valence-corrected chi connectivity index (χ3v) is 2.88. The molecule has 0 aliphatic rings. The zero-order chi connectivity index (χ0) is 13.1. The third-order valence-electron chi connectivity index (χ3n) is 2.59. The minimum atomic E-state index is 0.574. The zero-order valence-corrected chi connectivity index (χ0v) is 12.4. The molecule has 0 fully saturated rings. The SMILES string of the molecule is CCOCCCNC(=S)NCCN(C)C(C)C. The second-order valence-electron chi connectivity index (χ2n) is 4.31. The quantitative estimate of drug-likeness (QED) is 0.482. The Labute approximate surface area is 111 Å². The van der Waals surface area contributed by atoms with Crippen LogP contribution in [0.15, 0.2) is 0 Å². The van der Waals surface area contributed by atoms with Crippen molar-refractivity contribution in [2.24, 2.45) is 0 Å². The van der Waals surface area contributed by atoms with Crippen LogP contribution in [-0.4, -0.2) is 55.9 Å². The van der Waals surface area contributed by atoms with Crippen LogP contribution in [0.3, 0.4) is 0 Å². The predicted molar refractivity (Wildman–Crippen MR) is 77.5 cm³/mol. The van der Waals surface area contributed by atoms with Crippen LogP contribution in [0.25, 0.3) is 0 Å². The first kappa shape index (κ1) is 16.6. The van der Waals surface area contributed by atoms with Gasteiger partial charge in [0, 0.05) is 38.9 Å². The van der Waals surface area contributed by atoms with Crippen molar-refractivity contribution in [2.45, 2.75) is 33.2 Å². The lowest BCUT2D eigenvalue weighted by Crippen LogP contribution is -2.41. The van der Waals surface area contributed by atoms with Gasteiger partial charge in [0.05, 0.1) is 0 Å². The molecule has 5 heteroatoms. The number of nitrogens with one attached hydrogen (secondary N) is 2. The van der Waals surface area contributed by atoms with Gasteiger partial charge < -0.3 is 20.3 Å². The van der Waals surface area contributed by atoms with Gasteiger partial charge in [-0.25, -0.2) is 0 Å². The second-order valence-corrected chi connectivity index (χ2v) is 4.72. The van der Waals surface area contributed by atoms with Crippen molar-refractivity contribution in [3.63, 3.8) is 0 Å². The summed E-state index contributed by atoms with van der Waals surface area (Å²) in [5, 5.41) is 7.10. The highest BCUT2D eigenvalue weighted by Crippen LogP contribution is 1.90. The van der Waals surface area contributed by atoms with Gasteiger partial charge in [0.1, 0.15) is 0 Å². The van der Waals surface area contributed by atoms with E-state index in [1.807, 2.05) is 6.92 Å². The molecule has 4 nitrogen and oxygen atoms in total. The molecular formula is C12H27N3OS. The highest BCUT2D eigenvalue weighted by Gasteiger charge is 2.02. The van der Waals surface area contributed by atoms with Crippen LogP contribution in [0.4, 0.5) is 0 Å². The van der Waals surface area contributed by atoms with Gasteiger partial charge in [-0.3, -0.25) is 0 Å². The molecule has 0 aliphatic heterocycles. The van der Waals surface area contributed by atoms with E-state index < -0.39 is 0 Å². The molecule has 0 unspecified atom stereocenters. The number of nitrogens with zero attached hydrogens (tertiary/aromatic N) is 1. The van der Waals surface area contributed by atoms with Gasteiger partial charge in [-0.05, 0) is 46.5 Å². The minimum Gasteiger partial charge on any atom is -0.382 e. The summed E-state index contributed by atoms with van der Waals surface area (Å²) < 4.78 is 5.24. The Bertz CT molecular complexity index is 200. The zero-order valence-electron chi connectivity index (χ0n) is 11.6. The van der Waals surface area contributed by atoms with Gasteiger partial charge in [-0.2, -0.15) is 0 Å². The van der Waals surface area contributed by atoms with Crippen molar-refractivity contribution in [1.82, 2.24) is 15.5 Å². The molecule has 0 atom stereocenters. The molecule has 0 saturated carbocycles. The highest BCUT2D eigenvalue weighted by molar-refractivity contribution is 7.80. The fraction of sp³-hybridized carbons (Fsp3) is 0.917. The Kier molecular flexibility index (Phi) is 10.5. The maximum Gasteiger partial charge on any atom is 0.166 e. The van der Waals surface area contributed by atoms with Gasteiger partial charge in [0.15, 0.2) is 5.11 Å². The van der Waals surface area contributed by atoms with Gasteiger partial charge in [0.2, 0.25) is 0 Å². The van der Waals surface area contributed by atoms with Crippen molar-refractivity contribution in [3.8, 4) is 0 Å². The van der Waals surface area contributed by atoms with E-state index in [2.05, 4.69) is 36.4 Å². The topological polar surface area (TPSA) is 36.5 Å². The van der Waals surface area contributed by atoms with Gasteiger partial charge in [-0.15, -0.1) is 0 Å². The molecule has 0 aromatic carbocycles. The van der Waals surface area contributed by atoms with E-state index in [4.69, 9.17) is 17.0 Å². The van der Waals surface area contributed by atoms with Crippen molar-refractivity contribution in [2.75, 3.05) is 39.9 Å². The van der Waals surface area contributed by atoms with Crippen molar-refractivity contribution in [3.05, 3.63) is 0 Å². The Hall–Kier alpha value is -0.390. The van der Waals surface area contributed by atoms with E-state index in [-0.39, 0.29) is 0 Å². The van der Waals surface area contributed by atoms with E-state index in [0.29, 0.717) is 6.04 Å². The fourth-order valence-corrected chi connectivity index (χ4v) is 1.39. The van der Waals surface area contributed by atoms with Crippen molar-refractivity contribution >= 4 is 17.3 Å². The van der Waals surface area contributed by atoms with Crippen LogP contribution in [-0.2, 0) is 4.74 Å². The molecule has 0 aromatic rings. The fourth-order valence-electron chi connectivity index (χ4n) is 1.19. The first-order valence-electron chi connectivity index (χ1n) is 6.37. The maximum atomic E-state index is 5.24. The summed E-state index contributed by atoms with van der Waals surface area (Å²) in [5.74, 6) is 0. The predicted octanol–water partition coefficient (Wildman–Crippen LogP) is 1.22. The first-order valence-corrected chi connectivity index (χ1v) is 6.78. The second kappa shape index (κ2) is 10.7. The standard InChI is InChI=1S/C12H27N3OS/c1-5-16-10-6-7-13-12(17)14-8-9-15(4)11(2)3/h11H,5-10H2,1-4H3,(H2,13,14,17). The van der Waals surface area contributed by atoms with Crippen molar-refractivity contribution in [1.29, 1.82) is 0 Å². The molecule has 0 aliphatic carbocycles. The number of thiocarbonyl (C=S) groups is 1. The largest absolute Gasteiger partial charge is 0.382 e. The average Bonchev–Trinajstić information content (AvgIpc) is 2.28. The van der Waals surface area contributed by atoms with Gasteiger partial charge in [-0.1, -0.05) is 0 Å². The van der Waals surface area contributed by atoms with Crippen LogP contribution in [0.2, 0.25) is 0 Å². The van der Waals surface area contributed by atoms with Crippen LogP contribution >= 0.6 is 12.2 Å². The van der Waals surface area contributed by atoms with Crippen LogP contribution in [0, 0.1) is 0 Å². The summed E-state index contributed by atoms with van der Waals surface area (Å²) in [4.78, 5) is 2.28. The summed E-state index contributed by atoms with van der Waals surface area (Å²) in [6, 6.07) is 0.574. The molecule has 0 rings (SSSR count). The number of hydrogen-bond acceptors (Lipinski definition) is 3. The van der Waals surface area contributed by atoms with Crippen LogP contribution in [0.1, 0.15) is 27.2 Å². The van der Waals surface area contributed by atoms with Gasteiger partial charge >= 0.3 is 0 Å². The molecule has 17 heavy (non-hydrogen) atoms. The van der Waals surface area contributed by atoms with E-state index in [1.54, 1.807) is 0 Å². The lowest BCUT2D eigenvalue weighted by atomic mass is 10.3. The van der Waals surface area contributed by atoms with E-state index in [0.717, 1.165) is 44.4 Å². The number of rotatable bonds is 9. The van der Waals surface area contributed by atoms with E-state index in [9.17, 15) is 0 Å². The summed E-state index contributed by atoms with van der Waals surface area (Å²) >= 11 is 5.17. The van der Waals surface area contributed by atoms with E-state index >= 15 is 0 Å². The molecule has 2 N–H and O–H groups in total. The molecule has 102 valence electrons. The maximum absolute atomic E-state index is 5.24. The highest BCUT2D eigenvalue weighted by atomic mass is 32.1. The lowest BCUT2D eigenvalue weighted by Gasteiger charge is -2.21. The summed E-state index contributed by atoms with van der Waals surface area (Å²) in [7, 11) is 2.12. The third kappa shape index (κ3) is 10.5. The average molecular weight is 261 g/mol. The number of ether oxygens (including phenoxy) is 1. The summed E-state index contributed by atoms with van der Waals surface area (Å²) in [6.45, 7) is 10.7. The van der Waals surface area contributed by atoms with E-state index in [1.165, 1.54) is 0 Å². The molecule has 0 bridgehead atoms. The molecule has 0 aromatic heterocycles. The number of hydrogen-bond donors (Lipinski definition) is 2. The monoisotopic (exact) mass is 261 g/mol. The lowest BCUT2D eigenvalue weighted by molar-refractivity contribution is 0.145. The molecule has 0 amide bonds. The molecule has 0 spiro atoms. The summed E-state index contributed by atoms with van der Waals surface area (Å²) in [6.07, 6.45) is 0.988. The Morgan fingerprint density at radius 1 is 1.29 bits per heavy atom. The number of likely N-dealkylation sites (N-methyl/N-ethyl adjacent to an activating group) is 1. The molecule has 0 saturated heterocycles. The Morgan fingerprint density at radius 3 is 2.53 bits per heavy atom. The molecular weight excluding hydrogens is 234 g/mol. The van der Waals surface area contributed by atoms with Crippen molar-refractivity contribution < 1.29 is 4.74 Å². The smallest absolute Gasteiger partial charge is 0.166 e. The summed E-state index contributed by atoms with van der Waals surface area (Å²) in [5.41, 5.74) is 0. The van der Waals surface area contributed by atoms with Crippen LogP contribution in [0.5, 0.6) is 0 Å². The van der Waals surface area contributed by atoms with Crippen LogP contribution < -0.4 is 10.6 Å². The molecule has 0 radical (unpaired) electrons. The minimum absolute atomic E-state index is 0.574. The first-order chi connectivity index (χ1) is 8.07.